The van der Waals surface area contributed by atoms with Crippen LogP contribution in [0.1, 0.15) is 40.7 Å². The second kappa shape index (κ2) is 10.9. The number of nitrogens with one attached hydrogen (secondary N) is 1. The number of benzene rings is 2. The molecule has 0 unspecified atom stereocenters. The molecule has 0 radical (unpaired) electrons. The Hall–Kier alpha value is -2.07. The summed E-state index contributed by atoms with van der Waals surface area (Å²) in [5.41, 5.74) is 2.54. The van der Waals surface area contributed by atoms with Gasteiger partial charge in [0.05, 0.1) is 5.75 Å². The first-order valence-corrected chi connectivity index (χ1v) is 13.6. The lowest BCUT2D eigenvalue weighted by atomic mass is 10.1. The molecule has 0 spiro atoms. The fourth-order valence-electron chi connectivity index (χ4n) is 3.21. The summed E-state index contributed by atoms with van der Waals surface area (Å²) in [5, 5.41) is 12.1. The van der Waals surface area contributed by atoms with Crippen LogP contribution in [-0.2, 0) is 11.3 Å². The lowest BCUT2D eigenvalue weighted by Gasteiger charge is -2.24. The normalized spacial score (nSPS) is 15.9. The molecule has 1 aliphatic heterocycles. The Morgan fingerprint density at radius 3 is 2.61 bits per heavy atom. The molecule has 1 fully saturated rings. The predicted octanol–water partition coefficient (Wildman–Crippen LogP) is 5.97. The van der Waals surface area contributed by atoms with Gasteiger partial charge in [-0.2, -0.15) is 0 Å². The standard InChI is InChI=1S/C23H23ClN4O2S3/c1-14(2)12-32-23-27-26-22(33-23)25-20(30)16-5-7-17(8-6-16)21-28(19(29)13-31-21)11-15-3-9-18(24)10-4-15/h3-10,14,21H,11-13H2,1-2H3,(H,25,26,30)/t21-/m0/s1. The molecule has 2 aromatic carbocycles. The molecule has 33 heavy (non-hydrogen) atoms. The third-order valence-electron chi connectivity index (χ3n) is 4.86. The Morgan fingerprint density at radius 2 is 1.91 bits per heavy atom. The molecule has 6 nitrogen and oxygen atoms in total. The van der Waals surface area contributed by atoms with Gasteiger partial charge in [0.25, 0.3) is 5.91 Å². The lowest BCUT2D eigenvalue weighted by molar-refractivity contribution is -0.128. The van der Waals surface area contributed by atoms with Crippen LogP contribution in [0.4, 0.5) is 5.13 Å². The maximum Gasteiger partial charge on any atom is 0.257 e. The van der Waals surface area contributed by atoms with Crippen LogP contribution in [0.2, 0.25) is 5.02 Å². The minimum absolute atomic E-state index is 0.0889. The smallest absolute Gasteiger partial charge is 0.257 e. The number of hydrogen-bond acceptors (Lipinski definition) is 7. The van der Waals surface area contributed by atoms with Crippen LogP contribution in [0, 0.1) is 5.92 Å². The number of aromatic nitrogens is 2. The zero-order valence-electron chi connectivity index (χ0n) is 18.2. The molecule has 0 aliphatic carbocycles. The van der Waals surface area contributed by atoms with E-state index < -0.39 is 0 Å². The van der Waals surface area contributed by atoms with E-state index in [9.17, 15) is 9.59 Å². The Bertz CT molecular complexity index is 1120. The zero-order chi connectivity index (χ0) is 23.4. The minimum Gasteiger partial charge on any atom is -0.322 e. The second-order valence-corrected chi connectivity index (χ2v) is 11.7. The van der Waals surface area contributed by atoms with Crippen molar-refractivity contribution in [2.45, 2.75) is 30.1 Å². The number of carbonyl (C=O) groups is 2. The van der Waals surface area contributed by atoms with Gasteiger partial charge in [0, 0.05) is 22.9 Å². The Kier molecular flexibility index (Phi) is 7.95. The van der Waals surface area contributed by atoms with Crippen LogP contribution in [0.5, 0.6) is 0 Å². The van der Waals surface area contributed by atoms with Crippen LogP contribution >= 0.6 is 46.5 Å². The van der Waals surface area contributed by atoms with Crippen LogP contribution < -0.4 is 5.32 Å². The van der Waals surface area contributed by atoms with Crippen LogP contribution in [0.25, 0.3) is 0 Å². The van der Waals surface area contributed by atoms with Crippen LogP contribution in [0.3, 0.4) is 0 Å². The van der Waals surface area contributed by atoms with E-state index in [2.05, 4.69) is 29.4 Å². The van der Waals surface area contributed by atoms with Crippen molar-refractivity contribution in [1.82, 2.24) is 15.1 Å². The average Bonchev–Trinajstić information content (AvgIpc) is 3.40. The molecule has 1 aliphatic rings. The molecule has 1 saturated heterocycles. The zero-order valence-corrected chi connectivity index (χ0v) is 21.4. The van der Waals surface area contributed by atoms with Crippen LogP contribution in [-0.4, -0.2) is 38.4 Å². The van der Waals surface area contributed by atoms with Gasteiger partial charge in [0.2, 0.25) is 11.0 Å². The van der Waals surface area contributed by atoms with E-state index in [1.807, 2.05) is 41.3 Å². The van der Waals surface area contributed by atoms with E-state index in [-0.39, 0.29) is 17.2 Å². The second-order valence-electron chi connectivity index (χ2n) is 7.97. The third-order valence-corrected chi connectivity index (χ3v) is 8.77. The molecule has 0 saturated carbocycles. The van der Waals surface area contributed by atoms with Gasteiger partial charge in [0.15, 0.2) is 4.34 Å². The summed E-state index contributed by atoms with van der Waals surface area (Å²) in [6.45, 7) is 4.82. The third kappa shape index (κ3) is 6.29. The minimum atomic E-state index is -0.230. The van der Waals surface area contributed by atoms with Gasteiger partial charge in [-0.3, -0.25) is 14.9 Å². The lowest BCUT2D eigenvalue weighted by Crippen LogP contribution is -2.27. The highest BCUT2D eigenvalue weighted by molar-refractivity contribution is 8.01. The number of amides is 2. The monoisotopic (exact) mass is 518 g/mol. The SMILES string of the molecule is CC(C)CSc1nnc(NC(=O)c2ccc([C@@H]3SCC(=O)N3Cc3ccc(Cl)cc3)cc2)s1. The highest BCUT2D eigenvalue weighted by Crippen LogP contribution is 2.39. The van der Waals surface area contributed by atoms with Gasteiger partial charge in [-0.05, 0) is 41.3 Å². The molecule has 1 atom stereocenters. The summed E-state index contributed by atoms with van der Waals surface area (Å²) in [7, 11) is 0. The molecule has 172 valence electrons. The molecule has 3 aromatic rings. The van der Waals surface area contributed by atoms with E-state index in [0.29, 0.717) is 33.9 Å². The molecule has 0 bridgehead atoms. The van der Waals surface area contributed by atoms with E-state index in [0.717, 1.165) is 21.2 Å². The molecule has 2 amide bonds. The number of halogens is 1. The molecular formula is C23H23ClN4O2S3. The van der Waals surface area contributed by atoms with Crippen molar-refractivity contribution >= 4 is 63.4 Å². The topological polar surface area (TPSA) is 75.2 Å². The first kappa shape index (κ1) is 24.1. The largest absolute Gasteiger partial charge is 0.322 e. The molecule has 4 rings (SSSR count). The van der Waals surface area contributed by atoms with E-state index in [4.69, 9.17) is 11.6 Å². The maximum atomic E-state index is 12.6. The number of hydrogen-bond donors (Lipinski definition) is 1. The van der Waals surface area contributed by atoms with Gasteiger partial charge in [-0.1, -0.05) is 72.8 Å². The molecule has 10 heteroatoms. The van der Waals surface area contributed by atoms with Crippen molar-refractivity contribution in [1.29, 1.82) is 0 Å². The van der Waals surface area contributed by atoms with Gasteiger partial charge in [-0.15, -0.1) is 22.0 Å². The van der Waals surface area contributed by atoms with Gasteiger partial charge >= 0.3 is 0 Å². The van der Waals surface area contributed by atoms with E-state index in [1.54, 1.807) is 35.7 Å². The quantitative estimate of drug-likeness (QED) is 0.292. The number of nitrogens with zero attached hydrogens (tertiary/aromatic N) is 3. The summed E-state index contributed by atoms with van der Waals surface area (Å²) >= 11 is 10.6. The van der Waals surface area contributed by atoms with Crippen molar-refractivity contribution in [3.8, 4) is 0 Å². The van der Waals surface area contributed by atoms with Crippen molar-refractivity contribution in [3.63, 3.8) is 0 Å². The highest BCUT2D eigenvalue weighted by Gasteiger charge is 2.32. The molecular weight excluding hydrogens is 496 g/mol. The number of thioether (sulfide) groups is 2. The number of rotatable bonds is 8. The highest BCUT2D eigenvalue weighted by atomic mass is 35.5. The Morgan fingerprint density at radius 1 is 1.18 bits per heavy atom. The summed E-state index contributed by atoms with van der Waals surface area (Å²) < 4.78 is 0.845. The molecule has 1 N–H and O–H groups in total. The van der Waals surface area contributed by atoms with Crippen molar-refractivity contribution in [2.75, 3.05) is 16.8 Å². The van der Waals surface area contributed by atoms with Gasteiger partial charge in [0.1, 0.15) is 5.37 Å². The Balaban J connectivity index is 1.40. The first-order valence-electron chi connectivity index (χ1n) is 10.4. The van der Waals surface area contributed by atoms with Gasteiger partial charge < -0.3 is 4.90 Å². The van der Waals surface area contributed by atoms with Crippen LogP contribution in [0.15, 0.2) is 52.9 Å². The fourth-order valence-corrected chi connectivity index (χ4v) is 6.25. The predicted molar refractivity (Wildman–Crippen MR) is 137 cm³/mol. The van der Waals surface area contributed by atoms with E-state index in [1.165, 1.54) is 11.3 Å². The molecule has 2 heterocycles. The summed E-state index contributed by atoms with van der Waals surface area (Å²) in [4.78, 5) is 27.0. The van der Waals surface area contributed by atoms with E-state index >= 15 is 0 Å². The summed E-state index contributed by atoms with van der Waals surface area (Å²) in [5.74, 6) is 1.83. The number of anilines is 1. The summed E-state index contributed by atoms with van der Waals surface area (Å²) in [6.07, 6.45) is 0. The maximum absolute atomic E-state index is 12.6. The first-order chi connectivity index (χ1) is 15.9. The van der Waals surface area contributed by atoms with Gasteiger partial charge in [-0.25, -0.2) is 0 Å². The van der Waals surface area contributed by atoms with Crippen molar-refractivity contribution in [2.24, 2.45) is 5.92 Å². The number of carbonyl (C=O) groups excluding carboxylic acids is 2. The van der Waals surface area contributed by atoms with Crippen molar-refractivity contribution in [3.05, 3.63) is 70.2 Å². The summed E-state index contributed by atoms with van der Waals surface area (Å²) in [6, 6.07) is 14.9. The average molecular weight is 519 g/mol. The van der Waals surface area contributed by atoms with Crippen molar-refractivity contribution < 1.29 is 9.59 Å². The fraction of sp³-hybridized carbons (Fsp3) is 0.304. The molecule has 1 aromatic heterocycles. The Labute approximate surface area is 210 Å².